The number of nitrogens with one attached hydrogen (secondary N) is 1. The lowest BCUT2D eigenvalue weighted by molar-refractivity contribution is 0.344. The monoisotopic (exact) mass is 298 g/mol. The highest BCUT2D eigenvalue weighted by molar-refractivity contribution is 7.88. The van der Waals surface area contributed by atoms with E-state index in [0.717, 1.165) is 17.5 Å². The van der Waals surface area contributed by atoms with Crippen LogP contribution in [-0.2, 0) is 15.8 Å². The van der Waals surface area contributed by atoms with Crippen molar-refractivity contribution < 1.29 is 8.42 Å². The number of sulfonamides is 1. The Kier molecular flexibility index (Phi) is 5.74. The quantitative estimate of drug-likeness (QED) is 0.810. The third-order valence-corrected chi connectivity index (χ3v) is 4.67. The predicted molar refractivity (Wildman–Crippen MR) is 83.9 cm³/mol. The van der Waals surface area contributed by atoms with Gasteiger partial charge in [-0.05, 0) is 31.7 Å². The van der Waals surface area contributed by atoms with Crippen molar-refractivity contribution in [1.29, 1.82) is 0 Å². The zero-order valence-corrected chi connectivity index (χ0v) is 13.6. The molecule has 3 N–H and O–H groups in total. The first-order chi connectivity index (χ1) is 9.16. The highest BCUT2D eigenvalue weighted by atomic mass is 32.2. The topological polar surface area (TPSA) is 72.2 Å². The fourth-order valence-electron chi connectivity index (χ4n) is 2.50. The molecular formula is C15H26N2O2S. The second kappa shape index (κ2) is 6.70. The molecule has 0 bridgehead atoms. The van der Waals surface area contributed by atoms with Gasteiger partial charge in [0.05, 0.1) is 5.75 Å². The first-order valence-electron chi connectivity index (χ1n) is 6.93. The van der Waals surface area contributed by atoms with Crippen molar-refractivity contribution in [3.05, 3.63) is 35.4 Å². The van der Waals surface area contributed by atoms with Gasteiger partial charge in [-0.3, -0.25) is 0 Å². The summed E-state index contributed by atoms with van der Waals surface area (Å²) < 4.78 is 27.4. The number of rotatable bonds is 7. The fraction of sp³-hybridized carbons (Fsp3) is 0.600. The Balaban J connectivity index is 2.83. The number of benzene rings is 1. The Morgan fingerprint density at radius 2 is 2.00 bits per heavy atom. The molecule has 20 heavy (non-hydrogen) atoms. The smallest absolute Gasteiger partial charge is 0.216 e. The maximum Gasteiger partial charge on any atom is 0.216 e. The fourth-order valence-corrected chi connectivity index (χ4v) is 4.11. The summed E-state index contributed by atoms with van der Waals surface area (Å²) in [6.07, 6.45) is 0.719. The molecule has 0 saturated heterocycles. The molecule has 0 aliphatic rings. The molecular weight excluding hydrogens is 272 g/mol. The van der Waals surface area contributed by atoms with E-state index in [-0.39, 0.29) is 12.3 Å². The van der Waals surface area contributed by atoms with E-state index in [9.17, 15) is 8.42 Å². The number of hydrogen-bond acceptors (Lipinski definition) is 3. The van der Waals surface area contributed by atoms with E-state index in [0.29, 0.717) is 5.92 Å². The molecule has 0 aromatic heterocycles. The molecule has 0 aliphatic heterocycles. The highest BCUT2D eigenvalue weighted by Crippen LogP contribution is 2.18. The van der Waals surface area contributed by atoms with Gasteiger partial charge < -0.3 is 5.73 Å². The van der Waals surface area contributed by atoms with Crippen LogP contribution < -0.4 is 10.5 Å². The van der Waals surface area contributed by atoms with Crippen molar-refractivity contribution in [3.63, 3.8) is 0 Å². The van der Waals surface area contributed by atoms with Crippen molar-refractivity contribution in [1.82, 2.24) is 4.72 Å². The molecule has 1 aromatic rings. The third-order valence-electron chi connectivity index (χ3n) is 3.15. The molecule has 5 heteroatoms. The number of aryl methyl sites for hydroxylation is 1. The zero-order chi connectivity index (χ0) is 15.4. The van der Waals surface area contributed by atoms with Crippen molar-refractivity contribution in [3.8, 4) is 0 Å². The van der Waals surface area contributed by atoms with Crippen LogP contribution in [0, 0.1) is 12.8 Å². The molecule has 0 amide bonds. The van der Waals surface area contributed by atoms with E-state index in [2.05, 4.69) is 18.6 Å². The lowest BCUT2D eigenvalue weighted by Gasteiger charge is -2.30. The summed E-state index contributed by atoms with van der Waals surface area (Å²) in [5.41, 5.74) is 7.02. The Hall–Kier alpha value is -0.910. The molecule has 1 unspecified atom stereocenters. The van der Waals surface area contributed by atoms with Crippen LogP contribution in [-0.4, -0.2) is 20.5 Å². The summed E-state index contributed by atoms with van der Waals surface area (Å²) >= 11 is 0. The lowest BCUT2D eigenvalue weighted by atomic mass is 9.92. The minimum absolute atomic E-state index is 0.0115. The average molecular weight is 298 g/mol. The van der Waals surface area contributed by atoms with Gasteiger partial charge in [-0.1, -0.05) is 43.7 Å². The van der Waals surface area contributed by atoms with E-state index >= 15 is 0 Å². The van der Waals surface area contributed by atoms with Gasteiger partial charge in [-0.2, -0.15) is 0 Å². The summed E-state index contributed by atoms with van der Waals surface area (Å²) in [7, 11) is -3.40. The first-order valence-corrected chi connectivity index (χ1v) is 8.58. The van der Waals surface area contributed by atoms with Crippen molar-refractivity contribution in [2.24, 2.45) is 11.7 Å². The molecule has 4 nitrogen and oxygen atoms in total. The largest absolute Gasteiger partial charge is 0.329 e. The Bertz CT molecular complexity index is 541. The third kappa shape index (κ3) is 5.61. The van der Waals surface area contributed by atoms with Crippen LogP contribution in [0.4, 0.5) is 0 Å². The van der Waals surface area contributed by atoms with Crippen LogP contribution in [0.5, 0.6) is 0 Å². The predicted octanol–water partition coefficient (Wildman–Crippen LogP) is 2.18. The maximum atomic E-state index is 12.3. The van der Waals surface area contributed by atoms with Crippen LogP contribution >= 0.6 is 0 Å². The summed E-state index contributed by atoms with van der Waals surface area (Å²) in [6.45, 7) is 8.22. The molecule has 0 heterocycles. The Labute approximate surface area is 122 Å². The molecule has 114 valence electrons. The van der Waals surface area contributed by atoms with Gasteiger partial charge in [-0.25, -0.2) is 13.1 Å². The van der Waals surface area contributed by atoms with Crippen molar-refractivity contribution >= 4 is 10.0 Å². The van der Waals surface area contributed by atoms with Crippen LogP contribution in [0.15, 0.2) is 24.3 Å². The SMILES string of the molecule is Cc1cccc(CS(=O)(=O)NC(C)(CN)CC(C)C)c1. The van der Waals surface area contributed by atoms with Crippen LogP contribution in [0.1, 0.15) is 38.3 Å². The molecule has 1 rings (SSSR count). The number of hydrogen-bond donors (Lipinski definition) is 2. The van der Waals surface area contributed by atoms with Gasteiger partial charge in [0.15, 0.2) is 0 Å². The molecule has 0 saturated carbocycles. The summed E-state index contributed by atoms with van der Waals surface area (Å²) in [5.74, 6) is 0.368. The summed E-state index contributed by atoms with van der Waals surface area (Å²) in [6, 6.07) is 7.54. The van der Waals surface area contributed by atoms with Gasteiger partial charge in [-0.15, -0.1) is 0 Å². The molecule has 0 aliphatic carbocycles. The second-order valence-electron chi connectivity index (χ2n) is 6.21. The summed E-state index contributed by atoms with van der Waals surface area (Å²) in [5, 5.41) is 0. The lowest BCUT2D eigenvalue weighted by Crippen LogP contribution is -2.52. The van der Waals surface area contributed by atoms with E-state index in [1.165, 1.54) is 0 Å². The van der Waals surface area contributed by atoms with Gasteiger partial charge in [0, 0.05) is 12.1 Å². The molecule has 0 fully saturated rings. The van der Waals surface area contributed by atoms with Crippen LogP contribution in [0.2, 0.25) is 0 Å². The van der Waals surface area contributed by atoms with Crippen molar-refractivity contribution in [2.45, 2.75) is 45.4 Å². The zero-order valence-electron chi connectivity index (χ0n) is 12.8. The first kappa shape index (κ1) is 17.1. The molecule has 1 atom stereocenters. The summed E-state index contributed by atoms with van der Waals surface area (Å²) in [4.78, 5) is 0. The van der Waals surface area contributed by atoms with E-state index in [4.69, 9.17) is 5.73 Å². The van der Waals surface area contributed by atoms with Gasteiger partial charge in [0.1, 0.15) is 0 Å². The van der Waals surface area contributed by atoms with Gasteiger partial charge in [0.2, 0.25) is 10.0 Å². The molecule has 1 aromatic carbocycles. The Morgan fingerprint density at radius 3 is 2.50 bits per heavy atom. The average Bonchev–Trinajstić information content (AvgIpc) is 2.26. The van der Waals surface area contributed by atoms with Crippen LogP contribution in [0.25, 0.3) is 0 Å². The standard InChI is InChI=1S/C15H26N2O2S/c1-12(2)9-15(4,11-16)17-20(18,19)10-14-7-5-6-13(3)8-14/h5-8,12,17H,9-11,16H2,1-4H3. The highest BCUT2D eigenvalue weighted by Gasteiger charge is 2.29. The normalized spacial score (nSPS) is 15.3. The maximum absolute atomic E-state index is 12.3. The van der Waals surface area contributed by atoms with E-state index < -0.39 is 15.6 Å². The second-order valence-corrected chi connectivity index (χ2v) is 7.94. The number of nitrogens with two attached hydrogens (primary N) is 1. The minimum Gasteiger partial charge on any atom is -0.329 e. The van der Waals surface area contributed by atoms with Gasteiger partial charge >= 0.3 is 0 Å². The van der Waals surface area contributed by atoms with E-state index in [1.54, 1.807) is 0 Å². The van der Waals surface area contributed by atoms with Crippen LogP contribution in [0.3, 0.4) is 0 Å². The van der Waals surface area contributed by atoms with Crippen molar-refractivity contribution in [2.75, 3.05) is 6.54 Å². The Morgan fingerprint density at radius 1 is 1.35 bits per heavy atom. The van der Waals surface area contributed by atoms with Gasteiger partial charge in [0.25, 0.3) is 0 Å². The minimum atomic E-state index is -3.40. The molecule has 0 spiro atoms. The molecule has 0 radical (unpaired) electrons. The van der Waals surface area contributed by atoms with E-state index in [1.807, 2.05) is 38.1 Å².